The average Bonchev–Trinajstić information content (AvgIpc) is 2.87. The van der Waals surface area contributed by atoms with Gasteiger partial charge in [0, 0.05) is 16.3 Å². The second-order valence-corrected chi connectivity index (χ2v) is 6.78. The second kappa shape index (κ2) is 7.45. The summed E-state index contributed by atoms with van der Waals surface area (Å²) in [5, 5.41) is 2.91. The molecule has 1 amide bonds. The molecule has 0 radical (unpaired) electrons. The first-order valence-electron chi connectivity index (χ1n) is 6.38. The molecule has 2 rings (SSSR count). The summed E-state index contributed by atoms with van der Waals surface area (Å²) < 4.78 is 12.7. The Balaban J connectivity index is 1.64. The highest BCUT2D eigenvalue weighted by Gasteiger charge is 2.06. The van der Waals surface area contributed by atoms with E-state index in [1.54, 1.807) is 23.9 Å². The Kier molecular flexibility index (Phi) is 5.61. The van der Waals surface area contributed by atoms with E-state index in [0.717, 1.165) is 26.8 Å². The molecule has 0 spiro atoms. The van der Waals surface area contributed by atoms with E-state index in [2.05, 4.69) is 5.32 Å². The third-order valence-corrected chi connectivity index (χ3v) is 4.75. The first kappa shape index (κ1) is 15.1. The molecule has 2 aromatic rings. The van der Waals surface area contributed by atoms with E-state index >= 15 is 0 Å². The Morgan fingerprint density at radius 2 is 2.00 bits per heavy atom. The van der Waals surface area contributed by atoms with Crippen LogP contribution in [0.15, 0.2) is 41.3 Å². The predicted molar refractivity (Wildman–Crippen MR) is 83.1 cm³/mol. The van der Waals surface area contributed by atoms with Crippen molar-refractivity contribution in [3.63, 3.8) is 0 Å². The largest absolute Gasteiger partial charge is 0.351 e. The summed E-state index contributed by atoms with van der Waals surface area (Å²) in [4.78, 5) is 14.7. The molecule has 0 aliphatic rings. The van der Waals surface area contributed by atoms with Crippen LogP contribution in [0.2, 0.25) is 0 Å². The van der Waals surface area contributed by atoms with E-state index in [-0.39, 0.29) is 11.7 Å². The summed E-state index contributed by atoms with van der Waals surface area (Å²) in [5.41, 5.74) is 0. The Labute approximate surface area is 126 Å². The van der Waals surface area contributed by atoms with Gasteiger partial charge in [0.05, 0.1) is 4.88 Å². The van der Waals surface area contributed by atoms with Gasteiger partial charge in [0.1, 0.15) is 5.82 Å². The van der Waals surface area contributed by atoms with E-state index < -0.39 is 0 Å². The quantitative estimate of drug-likeness (QED) is 0.643. The summed E-state index contributed by atoms with van der Waals surface area (Å²) in [6, 6.07) is 10.3. The van der Waals surface area contributed by atoms with Gasteiger partial charge in [0.15, 0.2) is 0 Å². The summed E-state index contributed by atoms with van der Waals surface area (Å²) in [5.74, 6) is 0.679. The summed E-state index contributed by atoms with van der Waals surface area (Å²) in [6.07, 6.45) is 0.887. The predicted octanol–water partition coefficient (Wildman–Crippen LogP) is 4.11. The Hall–Kier alpha value is -1.33. The van der Waals surface area contributed by atoms with E-state index in [1.807, 2.05) is 19.1 Å². The lowest BCUT2D eigenvalue weighted by molar-refractivity contribution is 0.0958. The summed E-state index contributed by atoms with van der Waals surface area (Å²) in [7, 11) is 0. The fourth-order valence-corrected chi connectivity index (χ4v) is 3.28. The van der Waals surface area contributed by atoms with Crippen molar-refractivity contribution in [3.05, 3.63) is 52.0 Å². The molecule has 0 atom stereocenters. The lowest BCUT2D eigenvalue weighted by Crippen LogP contribution is -2.23. The number of thiophene rings is 1. The second-order valence-electron chi connectivity index (χ2n) is 4.32. The molecule has 1 heterocycles. The Morgan fingerprint density at radius 3 is 2.65 bits per heavy atom. The molecule has 1 aromatic heterocycles. The SMILES string of the molecule is Cc1ccc(C(=O)NCCCSc2ccc(F)cc2)s1. The maximum atomic E-state index is 12.7. The fraction of sp³-hybridized carbons (Fsp3) is 0.267. The minimum atomic E-state index is -0.215. The van der Waals surface area contributed by atoms with Gasteiger partial charge in [-0.05, 0) is 55.5 Å². The number of amides is 1. The number of benzene rings is 1. The smallest absolute Gasteiger partial charge is 0.261 e. The summed E-state index contributed by atoms with van der Waals surface area (Å²) >= 11 is 3.17. The molecule has 0 bridgehead atoms. The number of hydrogen-bond acceptors (Lipinski definition) is 3. The van der Waals surface area contributed by atoms with Crippen LogP contribution in [0.3, 0.4) is 0 Å². The normalized spacial score (nSPS) is 10.5. The van der Waals surface area contributed by atoms with Crippen LogP contribution in [0.1, 0.15) is 21.0 Å². The van der Waals surface area contributed by atoms with E-state index in [0.29, 0.717) is 6.54 Å². The lowest BCUT2D eigenvalue weighted by Gasteiger charge is -2.04. The molecule has 0 fully saturated rings. The van der Waals surface area contributed by atoms with Gasteiger partial charge in [-0.3, -0.25) is 4.79 Å². The van der Waals surface area contributed by atoms with Gasteiger partial charge in [-0.15, -0.1) is 23.1 Å². The minimum Gasteiger partial charge on any atom is -0.351 e. The van der Waals surface area contributed by atoms with E-state index in [9.17, 15) is 9.18 Å². The number of thioether (sulfide) groups is 1. The Morgan fingerprint density at radius 1 is 1.25 bits per heavy atom. The topological polar surface area (TPSA) is 29.1 Å². The molecule has 5 heteroatoms. The molecule has 0 saturated carbocycles. The number of carbonyl (C=O) groups excluding carboxylic acids is 1. The fourth-order valence-electron chi connectivity index (χ4n) is 1.64. The van der Waals surface area contributed by atoms with Crippen LogP contribution >= 0.6 is 23.1 Å². The van der Waals surface area contributed by atoms with Gasteiger partial charge in [-0.25, -0.2) is 4.39 Å². The molecule has 106 valence electrons. The van der Waals surface area contributed by atoms with E-state index in [4.69, 9.17) is 0 Å². The van der Waals surface area contributed by atoms with Crippen molar-refractivity contribution < 1.29 is 9.18 Å². The molecular weight excluding hydrogens is 293 g/mol. The molecule has 0 aliphatic carbocycles. The van der Waals surface area contributed by atoms with Gasteiger partial charge in [0.2, 0.25) is 0 Å². The molecule has 1 N–H and O–H groups in total. The average molecular weight is 309 g/mol. The standard InChI is InChI=1S/C15H16FNOS2/c1-11-3-8-14(20-11)15(18)17-9-2-10-19-13-6-4-12(16)5-7-13/h3-8H,2,9-10H2,1H3,(H,17,18). The molecular formula is C15H16FNOS2. The van der Waals surface area contributed by atoms with Gasteiger partial charge < -0.3 is 5.32 Å². The number of rotatable bonds is 6. The van der Waals surface area contributed by atoms with Crippen LogP contribution in [0.5, 0.6) is 0 Å². The van der Waals surface area contributed by atoms with Crippen LogP contribution in [0, 0.1) is 12.7 Å². The third-order valence-electron chi connectivity index (χ3n) is 2.65. The van der Waals surface area contributed by atoms with E-state index in [1.165, 1.54) is 23.5 Å². The van der Waals surface area contributed by atoms with Crippen molar-refractivity contribution >= 4 is 29.0 Å². The molecule has 0 aliphatic heterocycles. The summed E-state index contributed by atoms with van der Waals surface area (Å²) in [6.45, 7) is 2.64. The maximum Gasteiger partial charge on any atom is 0.261 e. The highest BCUT2D eigenvalue weighted by atomic mass is 32.2. The highest BCUT2D eigenvalue weighted by molar-refractivity contribution is 7.99. The van der Waals surface area contributed by atoms with Gasteiger partial charge >= 0.3 is 0 Å². The lowest BCUT2D eigenvalue weighted by atomic mass is 10.4. The van der Waals surface area contributed by atoms with Crippen LogP contribution in [0.4, 0.5) is 4.39 Å². The van der Waals surface area contributed by atoms with Crippen LogP contribution < -0.4 is 5.32 Å². The zero-order chi connectivity index (χ0) is 14.4. The van der Waals surface area contributed by atoms with Gasteiger partial charge in [-0.2, -0.15) is 0 Å². The number of halogens is 1. The van der Waals surface area contributed by atoms with Crippen molar-refractivity contribution in [2.24, 2.45) is 0 Å². The maximum absolute atomic E-state index is 12.7. The zero-order valence-electron chi connectivity index (χ0n) is 11.2. The van der Waals surface area contributed by atoms with Crippen molar-refractivity contribution in [3.8, 4) is 0 Å². The number of hydrogen-bond donors (Lipinski definition) is 1. The minimum absolute atomic E-state index is 0.00474. The van der Waals surface area contributed by atoms with Crippen LogP contribution in [-0.4, -0.2) is 18.2 Å². The van der Waals surface area contributed by atoms with Gasteiger partial charge in [0.25, 0.3) is 5.91 Å². The van der Waals surface area contributed by atoms with Crippen molar-refractivity contribution in [1.82, 2.24) is 5.32 Å². The third kappa shape index (κ3) is 4.65. The van der Waals surface area contributed by atoms with Gasteiger partial charge in [-0.1, -0.05) is 0 Å². The molecule has 2 nitrogen and oxygen atoms in total. The zero-order valence-corrected chi connectivity index (χ0v) is 12.8. The highest BCUT2D eigenvalue weighted by Crippen LogP contribution is 2.18. The monoisotopic (exact) mass is 309 g/mol. The van der Waals surface area contributed by atoms with Crippen LogP contribution in [0.25, 0.3) is 0 Å². The Bertz CT molecular complexity index is 566. The van der Waals surface area contributed by atoms with Crippen molar-refractivity contribution in [2.75, 3.05) is 12.3 Å². The number of aryl methyl sites for hydroxylation is 1. The first-order valence-corrected chi connectivity index (χ1v) is 8.18. The van der Waals surface area contributed by atoms with Crippen molar-refractivity contribution in [2.45, 2.75) is 18.2 Å². The molecule has 0 saturated heterocycles. The molecule has 20 heavy (non-hydrogen) atoms. The van der Waals surface area contributed by atoms with Crippen molar-refractivity contribution in [1.29, 1.82) is 0 Å². The number of nitrogens with one attached hydrogen (secondary N) is 1. The molecule has 1 aromatic carbocycles. The van der Waals surface area contributed by atoms with Crippen LogP contribution in [-0.2, 0) is 0 Å². The first-order chi connectivity index (χ1) is 9.65. The number of carbonyl (C=O) groups is 1. The molecule has 0 unspecified atom stereocenters.